The molecule has 19 heavy (non-hydrogen) atoms. The summed E-state index contributed by atoms with van der Waals surface area (Å²) < 4.78 is 1.04. The van der Waals surface area contributed by atoms with E-state index in [1.807, 2.05) is 0 Å². The zero-order chi connectivity index (χ0) is 14.0. The number of nitrogen functional groups attached to an aromatic ring is 1. The highest BCUT2D eigenvalue weighted by molar-refractivity contribution is 14.1. The fourth-order valence-electron chi connectivity index (χ4n) is 2.78. The van der Waals surface area contributed by atoms with Gasteiger partial charge in [-0.1, -0.05) is 27.2 Å². The van der Waals surface area contributed by atoms with Crippen LogP contribution in [-0.4, -0.2) is 9.97 Å². The number of aromatic nitrogens is 2. The minimum atomic E-state index is 0.484. The second-order valence-electron chi connectivity index (χ2n) is 6.42. The molecule has 0 atom stereocenters. The van der Waals surface area contributed by atoms with Gasteiger partial charge in [0.05, 0.1) is 9.26 Å². The van der Waals surface area contributed by atoms with E-state index in [0.29, 0.717) is 17.2 Å². The molecule has 0 aromatic carbocycles. The molecule has 0 saturated heterocycles. The van der Waals surface area contributed by atoms with Crippen LogP contribution in [0, 0.1) is 8.99 Å². The Morgan fingerprint density at radius 2 is 1.89 bits per heavy atom. The van der Waals surface area contributed by atoms with E-state index in [0.717, 1.165) is 27.9 Å². The van der Waals surface area contributed by atoms with Crippen molar-refractivity contribution in [3.63, 3.8) is 0 Å². The molecular formula is C15H24IN3. The quantitative estimate of drug-likeness (QED) is 0.804. The molecule has 1 heterocycles. The molecule has 1 aliphatic rings. The van der Waals surface area contributed by atoms with Gasteiger partial charge in [-0.25, -0.2) is 9.97 Å². The number of hydrogen-bond donors (Lipinski definition) is 1. The summed E-state index contributed by atoms with van der Waals surface area (Å²) in [5.74, 6) is 2.15. The van der Waals surface area contributed by atoms with Gasteiger partial charge in [-0.3, -0.25) is 0 Å². The van der Waals surface area contributed by atoms with Crippen LogP contribution in [0.15, 0.2) is 0 Å². The molecule has 0 aliphatic heterocycles. The molecule has 106 valence electrons. The number of aryl methyl sites for hydroxylation is 1. The van der Waals surface area contributed by atoms with Gasteiger partial charge in [0, 0.05) is 5.92 Å². The maximum Gasteiger partial charge on any atom is 0.140 e. The van der Waals surface area contributed by atoms with Crippen molar-refractivity contribution in [1.82, 2.24) is 9.97 Å². The molecule has 1 saturated carbocycles. The van der Waals surface area contributed by atoms with Gasteiger partial charge < -0.3 is 5.73 Å². The smallest absolute Gasteiger partial charge is 0.140 e. The van der Waals surface area contributed by atoms with Crippen LogP contribution in [0.2, 0.25) is 0 Å². The number of rotatable bonds is 3. The Kier molecular flexibility index (Phi) is 4.69. The average Bonchev–Trinajstić information content (AvgIpc) is 2.35. The van der Waals surface area contributed by atoms with Gasteiger partial charge in [-0.2, -0.15) is 0 Å². The lowest BCUT2D eigenvalue weighted by atomic mass is 9.73. The molecule has 0 amide bonds. The second kappa shape index (κ2) is 5.94. The molecule has 2 rings (SSSR count). The van der Waals surface area contributed by atoms with E-state index < -0.39 is 0 Å². The normalized spacial score (nSPS) is 19.6. The maximum absolute atomic E-state index is 6.05. The molecule has 0 bridgehead atoms. The molecule has 0 unspecified atom stereocenters. The van der Waals surface area contributed by atoms with E-state index in [4.69, 9.17) is 10.7 Å². The lowest BCUT2D eigenvalue weighted by Crippen LogP contribution is -2.22. The van der Waals surface area contributed by atoms with Gasteiger partial charge >= 0.3 is 0 Å². The monoisotopic (exact) mass is 373 g/mol. The van der Waals surface area contributed by atoms with Crippen LogP contribution < -0.4 is 5.73 Å². The van der Waals surface area contributed by atoms with Crippen molar-refractivity contribution in [2.75, 3.05) is 5.73 Å². The Morgan fingerprint density at radius 1 is 1.26 bits per heavy atom. The third-order valence-electron chi connectivity index (χ3n) is 4.15. The van der Waals surface area contributed by atoms with Crippen molar-refractivity contribution in [2.24, 2.45) is 5.41 Å². The summed E-state index contributed by atoms with van der Waals surface area (Å²) in [6.07, 6.45) is 7.00. The first-order valence-electron chi connectivity index (χ1n) is 7.25. The highest BCUT2D eigenvalue weighted by Crippen LogP contribution is 2.41. The summed E-state index contributed by atoms with van der Waals surface area (Å²) in [6, 6.07) is 0. The van der Waals surface area contributed by atoms with Crippen molar-refractivity contribution >= 4 is 28.4 Å². The maximum atomic E-state index is 6.05. The summed E-state index contributed by atoms with van der Waals surface area (Å²) in [5, 5.41) is 0. The van der Waals surface area contributed by atoms with Crippen molar-refractivity contribution < 1.29 is 0 Å². The number of nitrogens with zero attached hydrogens (tertiary/aromatic N) is 2. The van der Waals surface area contributed by atoms with E-state index in [9.17, 15) is 0 Å². The van der Waals surface area contributed by atoms with Crippen LogP contribution in [0.1, 0.15) is 70.3 Å². The molecule has 0 spiro atoms. The average molecular weight is 373 g/mol. The van der Waals surface area contributed by atoms with E-state index in [1.54, 1.807) is 0 Å². The number of hydrogen-bond acceptors (Lipinski definition) is 3. The third kappa shape index (κ3) is 3.58. The van der Waals surface area contributed by atoms with E-state index >= 15 is 0 Å². The minimum Gasteiger partial charge on any atom is -0.383 e. The second-order valence-corrected chi connectivity index (χ2v) is 7.49. The van der Waals surface area contributed by atoms with Gasteiger partial charge in [0.15, 0.2) is 0 Å². The lowest BCUT2D eigenvalue weighted by molar-refractivity contribution is 0.220. The molecule has 0 radical (unpaired) electrons. The van der Waals surface area contributed by atoms with Crippen molar-refractivity contribution in [1.29, 1.82) is 0 Å². The number of anilines is 1. The highest BCUT2D eigenvalue weighted by Gasteiger charge is 2.29. The molecular weight excluding hydrogens is 349 g/mol. The van der Waals surface area contributed by atoms with E-state index in [2.05, 4.69) is 48.3 Å². The zero-order valence-electron chi connectivity index (χ0n) is 12.2. The largest absolute Gasteiger partial charge is 0.383 e. The van der Waals surface area contributed by atoms with Crippen LogP contribution in [0.3, 0.4) is 0 Å². The Morgan fingerprint density at radius 3 is 2.47 bits per heavy atom. The summed E-state index contributed by atoms with van der Waals surface area (Å²) in [4.78, 5) is 9.34. The van der Waals surface area contributed by atoms with Crippen molar-refractivity contribution in [3.05, 3.63) is 15.1 Å². The summed E-state index contributed by atoms with van der Waals surface area (Å²) in [5.41, 5.74) is 7.67. The molecule has 1 aromatic rings. The van der Waals surface area contributed by atoms with E-state index in [-0.39, 0.29) is 0 Å². The summed E-state index contributed by atoms with van der Waals surface area (Å²) in [6.45, 7) is 6.89. The third-order valence-corrected chi connectivity index (χ3v) is 5.33. The topological polar surface area (TPSA) is 51.8 Å². The van der Waals surface area contributed by atoms with Crippen molar-refractivity contribution in [2.45, 2.75) is 65.2 Å². The molecule has 1 fully saturated rings. The molecule has 2 N–H and O–H groups in total. The fourth-order valence-corrected chi connectivity index (χ4v) is 3.29. The van der Waals surface area contributed by atoms with Crippen LogP contribution in [0.25, 0.3) is 0 Å². The first-order valence-corrected chi connectivity index (χ1v) is 8.32. The zero-order valence-corrected chi connectivity index (χ0v) is 14.3. The standard InChI is InChI=1S/C15H24IN3/c1-4-5-11-12(16)13(17)19-14(18-11)10-6-8-15(2,3)9-7-10/h10H,4-9H2,1-3H3,(H2,17,18,19). The number of nitrogens with two attached hydrogens (primary N) is 1. The molecule has 1 aromatic heterocycles. The lowest BCUT2D eigenvalue weighted by Gasteiger charge is -2.33. The van der Waals surface area contributed by atoms with Crippen LogP contribution in [0.4, 0.5) is 5.82 Å². The number of halogens is 1. The Bertz CT molecular complexity index is 447. The SMILES string of the molecule is CCCc1nc(C2CCC(C)(C)CC2)nc(N)c1I. The van der Waals surface area contributed by atoms with E-state index in [1.165, 1.54) is 25.7 Å². The fraction of sp³-hybridized carbons (Fsp3) is 0.733. The first kappa shape index (κ1) is 15.0. The van der Waals surface area contributed by atoms with Gasteiger partial charge in [0.1, 0.15) is 11.6 Å². The Hall–Kier alpha value is -0.390. The highest BCUT2D eigenvalue weighted by atomic mass is 127. The Labute approximate surface area is 129 Å². The van der Waals surface area contributed by atoms with Gasteiger partial charge in [-0.05, 0) is 60.1 Å². The van der Waals surface area contributed by atoms with Gasteiger partial charge in [-0.15, -0.1) is 0 Å². The Balaban J connectivity index is 2.21. The molecule has 3 nitrogen and oxygen atoms in total. The molecule has 1 aliphatic carbocycles. The summed E-state index contributed by atoms with van der Waals surface area (Å²) >= 11 is 2.27. The van der Waals surface area contributed by atoms with Crippen LogP contribution in [0.5, 0.6) is 0 Å². The minimum absolute atomic E-state index is 0.484. The first-order chi connectivity index (χ1) is 8.93. The van der Waals surface area contributed by atoms with Crippen molar-refractivity contribution in [3.8, 4) is 0 Å². The molecule has 4 heteroatoms. The summed E-state index contributed by atoms with van der Waals surface area (Å²) in [7, 11) is 0. The van der Waals surface area contributed by atoms with Gasteiger partial charge in [0.2, 0.25) is 0 Å². The van der Waals surface area contributed by atoms with Crippen LogP contribution in [-0.2, 0) is 6.42 Å². The predicted molar refractivity (Wildman–Crippen MR) is 88.1 cm³/mol. The van der Waals surface area contributed by atoms with Crippen LogP contribution >= 0.6 is 22.6 Å². The van der Waals surface area contributed by atoms with Gasteiger partial charge in [0.25, 0.3) is 0 Å². The predicted octanol–water partition coefficient (Wildman–Crippen LogP) is 4.30.